The van der Waals surface area contributed by atoms with Gasteiger partial charge < -0.3 is 24.5 Å². The molecule has 7 heteroatoms. The van der Waals surface area contributed by atoms with Crippen LogP contribution in [0.25, 0.3) is 0 Å². The average molecular weight is 206 g/mol. The molecule has 0 aromatic heterocycles. The highest BCUT2D eigenvalue weighted by atomic mass is 28.2. The molecule has 0 fully saturated rings. The smallest absolute Gasteiger partial charge is 0.377 e. The van der Waals surface area contributed by atoms with Crippen LogP contribution < -0.4 is 0 Å². The van der Waals surface area contributed by atoms with Crippen molar-refractivity contribution in [2.75, 3.05) is 6.61 Å². The molecular weight excluding hydrogens is 196 g/mol. The van der Waals surface area contributed by atoms with Gasteiger partial charge in [0.15, 0.2) is 11.9 Å². The normalized spacial score (nSPS) is 24.8. The SMILES string of the molecule is O=C1O[C@H]([C@@H](O)CO)C(O[SiH3])=C1O. The van der Waals surface area contributed by atoms with Crippen molar-refractivity contribution in [1.82, 2.24) is 0 Å². The molecule has 0 radical (unpaired) electrons. The Hall–Kier alpha value is -1.05. The van der Waals surface area contributed by atoms with Gasteiger partial charge in [0, 0.05) is 0 Å². The van der Waals surface area contributed by atoms with Crippen LogP contribution in [0.4, 0.5) is 0 Å². The molecule has 2 atom stereocenters. The van der Waals surface area contributed by atoms with Crippen LogP contribution in [0.5, 0.6) is 0 Å². The van der Waals surface area contributed by atoms with Gasteiger partial charge in [-0.3, -0.25) is 0 Å². The first-order chi connectivity index (χ1) is 6.11. The van der Waals surface area contributed by atoms with Crippen molar-refractivity contribution in [2.24, 2.45) is 0 Å². The van der Waals surface area contributed by atoms with E-state index in [2.05, 4.69) is 4.74 Å². The minimum atomic E-state index is -1.27. The molecule has 0 aromatic carbocycles. The molecule has 1 heterocycles. The third kappa shape index (κ3) is 1.66. The fourth-order valence-corrected chi connectivity index (χ4v) is 1.45. The Kier molecular flexibility index (Phi) is 2.91. The standard InChI is InChI=1S/C6H10O6Si/c7-1-2(8)4-5(12-13)3(9)6(10)11-4/h2,4,7-9H,1H2,13H3/t2-,4+/m0/s1. The highest BCUT2D eigenvalue weighted by Crippen LogP contribution is 2.23. The number of aliphatic hydroxyl groups excluding tert-OH is 3. The van der Waals surface area contributed by atoms with Gasteiger partial charge in [-0.25, -0.2) is 4.79 Å². The zero-order valence-electron chi connectivity index (χ0n) is 6.93. The van der Waals surface area contributed by atoms with Gasteiger partial charge in [0.25, 0.3) is 0 Å². The number of carbonyl (C=O) groups excluding carboxylic acids is 1. The molecule has 6 nitrogen and oxygen atoms in total. The maximum absolute atomic E-state index is 10.8. The zero-order chi connectivity index (χ0) is 10.0. The molecule has 1 aliphatic rings. The monoisotopic (exact) mass is 206 g/mol. The number of rotatable bonds is 3. The van der Waals surface area contributed by atoms with Crippen LogP contribution in [0.1, 0.15) is 0 Å². The summed E-state index contributed by atoms with van der Waals surface area (Å²) < 4.78 is 9.33. The van der Waals surface area contributed by atoms with Gasteiger partial charge in [-0.05, 0) is 0 Å². The predicted molar refractivity (Wildman–Crippen MR) is 43.7 cm³/mol. The summed E-state index contributed by atoms with van der Waals surface area (Å²) in [6.07, 6.45) is -2.35. The zero-order valence-corrected chi connectivity index (χ0v) is 8.93. The van der Waals surface area contributed by atoms with Gasteiger partial charge >= 0.3 is 5.97 Å². The van der Waals surface area contributed by atoms with Gasteiger partial charge in [0.1, 0.15) is 6.10 Å². The summed E-state index contributed by atoms with van der Waals surface area (Å²) in [5.41, 5.74) is 0. The minimum absolute atomic E-state index is 0.0989. The second kappa shape index (κ2) is 3.77. The molecule has 0 saturated carbocycles. The summed E-state index contributed by atoms with van der Waals surface area (Å²) in [5.74, 6) is -1.67. The van der Waals surface area contributed by atoms with E-state index in [1.807, 2.05) is 0 Å². The summed E-state index contributed by atoms with van der Waals surface area (Å²) in [5, 5.41) is 26.8. The summed E-state index contributed by atoms with van der Waals surface area (Å²) in [4.78, 5) is 10.8. The van der Waals surface area contributed by atoms with Gasteiger partial charge in [0.2, 0.25) is 16.2 Å². The van der Waals surface area contributed by atoms with Crippen LogP contribution in [0, 0.1) is 0 Å². The summed E-state index contributed by atoms with van der Waals surface area (Å²) >= 11 is 0. The van der Waals surface area contributed by atoms with Crippen LogP contribution in [0.3, 0.4) is 0 Å². The van der Waals surface area contributed by atoms with Crippen LogP contribution in [0.15, 0.2) is 11.5 Å². The number of carbonyl (C=O) groups is 1. The second-order valence-corrected chi connectivity index (χ2v) is 2.90. The Balaban J connectivity index is 2.86. The van der Waals surface area contributed by atoms with Crippen molar-refractivity contribution in [2.45, 2.75) is 12.2 Å². The summed E-state index contributed by atoms with van der Waals surface area (Å²) in [7, 11) is 0.255. The van der Waals surface area contributed by atoms with Crippen molar-refractivity contribution < 1.29 is 29.3 Å². The van der Waals surface area contributed by atoms with E-state index in [0.717, 1.165) is 0 Å². The second-order valence-electron chi connectivity index (χ2n) is 2.49. The van der Waals surface area contributed by atoms with Crippen LogP contribution in [0.2, 0.25) is 0 Å². The average Bonchev–Trinajstić information content (AvgIpc) is 2.42. The van der Waals surface area contributed by atoms with Crippen molar-refractivity contribution in [3.05, 3.63) is 11.5 Å². The molecule has 3 N–H and O–H groups in total. The van der Waals surface area contributed by atoms with E-state index in [9.17, 15) is 4.79 Å². The van der Waals surface area contributed by atoms with Crippen molar-refractivity contribution in [3.8, 4) is 0 Å². The van der Waals surface area contributed by atoms with Gasteiger partial charge in [-0.2, -0.15) is 0 Å². The molecule has 0 unspecified atom stereocenters. The Labute approximate surface area is 76.9 Å². The number of ether oxygens (including phenoxy) is 1. The third-order valence-corrected chi connectivity index (χ3v) is 2.12. The lowest BCUT2D eigenvalue weighted by Gasteiger charge is -2.16. The number of hydrogen-bond donors (Lipinski definition) is 3. The van der Waals surface area contributed by atoms with Crippen LogP contribution >= 0.6 is 0 Å². The van der Waals surface area contributed by atoms with Gasteiger partial charge in [-0.15, -0.1) is 0 Å². The largest absolute Gasteiger partial charge is 0.551 e. The Morgan fingerprint density at radius 3 is 2.77 bits per heavy atom. The summed E-state index contributed by atoms with van der Waals surface area (Å²) in [6.45, 7) is -0.570. The lowest BCUT2D eigenvalue weighted by Crippen LogP contribution is -2.32. The van der Waals surface area contributed by atoms with E-state index < -0.39 is 30.5 Å². The predicted octanol–water partition coefficient (Wildman–Crippen LogP) is -2.67. The van der Waals surface area contributed by atoms with Gasteiger partial charge in [0.05, 0.1) is 6.61 Å². The Morgan fingerprint density at radius 1 is 1.69 bits per heavy atom. The highest BCUT2D eigenvalue weighted by molar-refractivity contribution is 6.00. The molecule has 74 valence electrons. The van der Waals surface area contributed by atoms with Crippen molar-refractivity contribution in [1.29, 1.82) is 0 Å². The van der Waals surface area contributed by atoms with E-state index >= 15 is 0 Å². The third-order valence-electron chi connectivity index (χ3n) is 1.68. The number of cyclic esters (lactones) is 1. The molecule has 0 saturated heterocycles. The summed E-state index contributed by atoms with van der Waals surface area (Å²) in [6, 6.07) is 0. The molecule has 0 spiro atoms. The van der Waals surface area contributed by atoms with Crippen molar-refractivity contribution >= 4 is 16.5 Å². The van der Waals surface area contributed by atoms with E-state index in [-0.39, 0.29) is 16.2 Å². The molecule has 0 aromatic rings. The number of esters is 1. The fraction of sp³-hybridized carbons (Fsp3) is 0.500. The number of aliphatic hydroxyl groups is 3. The first-order valence-corrected chi connectivity index (χ1v) is 4.40. The quantitative estimate of drug-likeness (QED) is 0.344. The number of hydrogen-bond acceptors (Lipinski definition) is 6. The fourth-order valence-electron chi connectivity index (χ4n) is 1.02. The molecule has 0 bridgehead atoms. The Morgan fingerprint density at radius 2 is 2.31 bits per heavy atom. The van der Waals surface area contributed by atoms with E-state index in [0.29, 0.717) is 0 Å². The maximum Gasteiger partial charge on any atom is 0.377 e. The van der Waals surface area contributed by atoms with Crippen LogP contribution in [-0.4, -0.2) is 50.6 Å². The molecule has 1 rings (SSSR count). The van der Waals surface area contributed by atoms with E-state index in [4.69, 9.17) is 19.7 Å². The lowest BCUT2D eigenvalue weighted by molar-refractivity contribution is -0.147. The topological polar surface area (TPSA) is 96.2 Å². The molecule has 1 aliphatic heterocycles. The highest BCUT2D eigenvalue weighted by Gasteiger charge is 2.39. The first-order valence-electron chi connectivity index (χ1n) is 3.58. The lowest BCUT2D eigenvalue weighted by atomic mass is 10.2. The molecule has 13 heavy (non-hydrogen) atoms. The molecular formula is C6H10O6Si. The maximum atomic E-state index is 10.8. The van der Waals surface area contributed by atoms with Gasteiger partial charge in [-0.1, -0.05) is 0 Å². The first kappa shape index (κ1) is 10.0. The van der Waals surface area contributed by atoms with E-state index in [1.54, 1.807) is 0 Å². The van der Waals surface area contributed by atoms with Crippen LogP contribution in [-0.2, 0) is 14.0 Å². The molecule has 0 aliphatic carbocycles. The van der Waals surface area contributed by atoms with Crippen molar-refractivity contribution in [3.63, 3.8) is 0 Å². The molecule has 0 amide bonds. The van der Waals surface area contributed by atoms with E-state index in [1.165, 1.54) is 0 Å². The Bertz CT molecular complexity index is 250. The minimum Gasteiger partial charge on any atom is -0.551 e.